The van der Waals surface area contributed by atoms with Gasteiger partial charge in [-0.25, -0.2) is 13.4 Å². The molecular weight excluding hydrogens is 328 g/mol. The molecule has 1 atom stereocenters. The molecule has 0 unspecified atom stereocenters. The van der Waals surface area contributed by atoms with Crippen molar-refractivity contribution in [2.24, 2.45) is 0 Å². The fourth-order valence-corrected chi connectivity index (χ4v) is 4.86. The van der Waals surface area contributed by atoms with Gasteiger partial charge in [0.05, 0.1) is 23.4 Å². The number of imidazole rings is 1. The van der Waals surface area contributed by atoms with Crippen LogP contribution in [0.4, 0.5) is 5.95 Å². The van der Waals surface area contributed by atoms with Crippen molar-refractivity contribution < 1.29 is 8.42 Å². The lowest BCUT2D eigenvalue weighted by atomic mass is 10.0. The maximum atomic E-state index is 11.8. The van der Waals surface area contributed by atoms with Gasteiger partial charge < -0.3 is 15.6 Å². The van der Waals surface area contributed by atoms with Gasteiger partial charge >= 0.3 is 0 Å². The summed E-state index contributed by atoms with van der Waals surface area (Å²) in [4.78, 5) is 25.0. The molecule has 3 rings (SSSR count). The number of rotatable bonds is 2. The third-order valence-corrected chi connectivity index (χ3v) is 5.55. The Bertz CT molecular complexity index is 902. The van der Waals surface area contributed by atoms with Gasteiger partial charge in [0.25, 0.3) is 5.56 Å². The van der Waals surface area contributed by atoms with Gasteiger partial charge in [0, 0.05) is 0 Å². The first-order valence-electron chi connectivity index (χ1n) is 6.49. The Hall–Kier alpha value is -2.01. The number of anilines is 1. The van der Waals surface area contributed by atoms with Crippen LogP contribution in [0.3, 0.4) is 0 Å². The summed E-state index contributed by atoms with van der Waals surface area (Å²) in [6, 6.07) is 0. The summed E-state index contributed by atoms with van der Waals surface area (Å²) in [5, 5.41) is 5.91. The van der Waals surface area contributed by atoms with E-state index in [9.17, 15) is 13.2 Å². The quantitative estimate of drug-likeness (QED) is 0.537. The van der Waals surface area contributed by atoms with Crippen LogP contribution in [0.15, 0.2) is 11.1 Å². The molecule has 1 saturated heterocycles. The van der Waals surface area contributed by atoms with E-state index in [1.807, 2.05) is 0 Å². The summed E-state index contributed by atoms with van der Waals surface area (Å²) >= 11 is 5.16. The third kappa shape index (κ3) is 2.95. The number of hydrogen-bond donors (Lipinski definition) is 4. The molecule has 0 spiro atoms. The Balaban J connectivity index is 1.75. The summed E-state index contributed by atoms with van der Waals surface area (Å²) in [6.45, 7) is 1.79. The number of hydrogen-bond acceptors (Lipinski definition) is 6. The van der Waals surface area contributed by atoms with Gasteiger partial charge in [0.2, 0.25) is 5.95 Å². The van der Waals surface area contributed by atoms with E-state index in [1.54, 1.807) is 6.92 Å². The molecule has 9 nitrogen and oxygen atoms in total. The summed E-state index contributed by atoms with van der Waals surface area (Å²) in [5.74, 6) is 0.295. The topological polar surface area (TPSA) is 133 Å². The zero-order chi connectivity index (χ0) is 16.0. The molecule has 1 fully saturated rings. The van der Waals surface area contributed by atoms with Crippen LogP contribution < -0.4 is 16.2 Å². The highest BCUT2D eigenvalue weighted by molar-refractivity contribution is 7.91. The van der Waals surface area contributed by atoms with Gasteiger partial charge in [0.15, 0.2) is 26.1 Å². The second-order valence-corrected chi connectivity index (χ2v) is 8.09. The Kier molecular flexibility index (Phi) is 3.40. The molecule has 0 aromatic carbocycles. The van der Waals surface area contributed by atoms with Crippen LogP contribution in [0.5, 0.6) is 0 Å². The molecule has 3 heterocycles. The van der Waals surface area contributed by atoms with E-state index < -0.39 is 15.4 Å². The van der Waals surface area contributed by atoms with Gasteiger partial charge in [-0.2, -0.15) is 4.98 Å². The minimum Gasteiger partial charge on any atom is -0.356 e. The second-order valence-electron chi connectivity index (χ2n) is 5.50. The van der Waals surface area contributed by atoms with Crippen LogP contribution in [0.25, 0.3) is 11.2 Å². The minimum atomic E-state index is -3.04. The van der Waals surface area contributed by atoms with Crippen LogP contribution in [-0.2, 0) is 9.84 Å². The number of aromatic amines is 2. The molecule has 1 aliphatic heterocycles. The molecular formula is C11H14N6O3S2. The van der Waals surface area contributed by atoms with E-state index in [0.717, 1.165) is 0 Å². The van der Waals surface area contributed by atoms with E-state index in [0.29, 0.717) is 6.42 Å². The predicted molar refractivity (Wildman–Crippen MR) is 85.5 cm³/mol. The van der Waals surface area contributed by atoms with Gasteiger partial charge in [-0.05, 0) is 25.6 Å². The van der Waals surface area contributed by atoms with E-state index in [1.165, 1.54) is 6.33 Å². The van der Waals surface area contributed by atoms with Crippen molar-refractivity contribution in [3.05, 3.63) is 16.7 Å². The number of sulfone groups is 1. The number of nitrogens with zero attached hydrogens (tertiary/aromatic N) is 2. The Morgan fingerprint density at radius 3 is 2.95 bits per heavy atom. The molecule has 0 amide bonds. The normalized spacial score (nSPS) is 23.5. The van der Waals surface area contributed by atoms with Crippen LogP contribution >= 0.6 is 12.2 Å². The third-order valence-electron chi connectivity index (χ3n) is 3.45. The van der Waals surface area contributed by atoms with Crippen LogP contribution in [-0.4, -0.2) is 50.5 Å². The van der Waals surface area contributed by atoms with Crippen molar-refractivity contribution in [2.75, 3.05) is 16.8 Å². The number of nitrogens with one attached hydrogen (secondary N) is 4. The number of H-pyrrole nitrogens is 2. The zero-order valence-corrected chi connectivity index (χ0v) is 13.3. The highest BCUT2D eigenvalue weighted by atomic mass is 32.2. The fourth-order valence-electron chi connectivity index (χ4n) is 2.42. The number of thiocarbonyl (C=S) groups is 1. The maximum absolute atomic E-state index is 11.8. The number of aromatic nitrogens is 4. The Morgan fingerprint density at radius 1 is 1.50 bits per heavy atom. The molecule has 2 aromatic heterocycles. The molecule has 0 saturated carbocycles. The predicted octanol–water partition coefficient (Wildman–Crippen LogP) is -0.490. The molecule has 0 bridgehead atoms. The second kappa shape index (κ2) is 5.02. The van der Waals surface area contributed by atoms with Crippen molar-refractivity contribution >= 4 is 44.3 Å². The molecule has 4 N–H and O–H groups in total. The summed E-state index contributed by atoms with van der Waals surface area (Å²) in [5.41, 5.74) is -0.455. The largest absolute Gasteiger partial charge is 0.356 e. The van der Waals surface area contributed by atoms with Crippen LogP contribution in [0.1, 0.15) is 13.3 Å². The Labute approximate surface area is 130 Å². The van der Waals surface area contributed by atoms with Crippen LogP contribution in [0.2, 0.25) is 0 Å². The summed E-state index contributed by atoms with van der Waals surface area (Å²) in [6.07, 6.45) is 1.84. The van der Waals surface area contributed by atoms with Gasteiger partial charge in [-0.15, -0.1) is 0 Å². The van der Waals surface area contributed by atoms with E-state index >= 15 is 0 Å². The first-order chi connectivity index (χ1) is 10.3. The lowest BCUT2D eigenvalue weighted by Gasteiger charge is -2.25. The van der Waals surface area contributed by atoms with Gasteiger partial charge in [-0.3, -0.25) is 9.78 Å². The summed E-state index contributed by atoms with van der Waals surface area (Å²) in [7, 11) is -3.04. The van der Waals surface area contributed by atoms with E-state index in [-0.39, 0.29) is 39.3 Å². The minimum absolute atomic E-state index is 0.0180. The first kappa shape index (κ1) is 14.9. The van der Waals surface area contributed by atoms with Crippen molar-refractivity contribution in [1.29, 1.82) is 0 Å². The molecule has 2 aromatic rings. The first-order valence-corrected chi connectivity index (χ1v) is 8.72. The molecule has 11 heteroatoms. The Morgan fingerprint density at radius 2 is 2.27 bits per heavy atom. The van der Waals surface area contributed by atoms with Crippen molar-refractivity contribution in [3.63, 3.8) is 0 Å². The van der Waals surface area contributed by atoms with Crippen LogP contribution in [0, 0.1) is 0 Å². The monoisotopic (exact) mass is 342 g/mol. The molecule has 0 radical (unpaired) electrons. The van der Waals surface area contributed by atoms with Gasteiger partial charge in [-0.1, -0.05) is 0 Å². The van der Waals surface area contributed by atoms with Crippen molar-refractivity contribution in [2.45, 2.75) is 18.9 Å². The lowest BCUT2D eigenvalue weighted by molar-refractivity contribution is 0.474. The van der Waals surface area contributed by atoms with E-state index in [2.05, 4.69) is 30.6 Å². The fraction of sp³-hybridized carbons (Fsp3) is 0.455. The van der Waals surface area contributed by atoms with E-state index in [4.69, 9.17) is 12.2 Å². The average Bonchev–Trinajstić information content (AvgIpc) is 2.93. The average molecular weight is 342 g/mol. The lowest BCUT2D eigenvalue weighted by Crippen LogP contribution is -2.48. The highest BCUT2D eigenvalue weighted by Gasteiger charge is 2.38. The number of fused-ring (bicyclic) bond motifs is 1. The summed E-state index contributed by atoms with van der Waals surface area (Å²) < 4.78 is 23.1. The van der Waals surface area contributed by atoms with Crippen molar-refractivity contribution in [1.82, 2.24) is 25.3 Å². The maximum Gasteiger partial charge on any atom is 0.278 e. The molecule has 0 aliphatic carbocycles. The smallest absolute Gasteiger partial charge is 0.278 e. The molecule has 118 valence electrons. The molecule has 22 heavy (non-hydrogen) atoms. The standard InChI is InChI=1S/C11H14N6O3S2/c1-11(2-3-22(19,20)4-11)17-10(21)16-9-14-7-6(8(18)15-9)12-5-13-7/h5H,2-4H2,1H3,(H4,12,13,14,15,16,17,18,21)/t11-/m0/s1. The highest BCUT2D eigenvalue weighted by Crippen LogP contribution is 2.22. The van der Waals surface area contributed by atoms with Crippen molar-refractivity contribution in [3.8, 4) is 0 Å². The SMILES string of the molecule is C[C@]1(NC(=S)Nc2nc3nc[nH]c3c(=O)[nH]2)CCS(=O)(=O)C1. The zero-order valence-electron chi connectivity index (χ0n) is 11.6. The van der Waals surface area contributed by atoms with Gasteiger partial charge in [0.1, 0.15) is 0 Å². The molecule has 1 aliphatic rings.